The number of anilines is 1. The van der Waals surface area contributed by atoms with Crippen molar-refractivity contribution in [3.8, 4) is 5.75 Å². The van der Waals surface area contributed by atoms with E-state index in [1.165, 1.54) is 22.5 Å². The molecule has 1 aromatic carbocycles. The van der Waals surface area contributed by atoms with Crippen molar-refractivity contribution in [1.29, 1.82) is 0 Å². The zero-order valence-electron chi connectivity index (χ0n) is 16.8. The molecule has 0 aliphatic carbocycles. The van der Waals surface area contributed by atoms with Crippen molar-refractivity contribution in [3.05, 3.63) is 47.8 Å². The fourth-order valence-corrected chi connectivity index (χ4v) is 4.74. The van der Waals surface area contributed by atoms with Crippen LogP contribution in [-0.2, 0) is 16.2 Å². The van der Waals surface area contributed by atoms with Gasteiger partial charge in [-0.25, -0.2) is 8.42 Å². The number of hydrogen-bond acceptors (Lipinski definition) is 5. The van der Waals surface area contributed by atoms with E-state index >= 15 is 0 Å². The average Bonchev–Trinajstić information content (AvgIpc) is 2.75. The molecule has 168 valence electrons. The van der Waals surface area contributed by atoms with E-state index in [2.05, 4.69) is 10.3 Å². The molecule has 2 aromatic rings. The average molecular weight is 457 g/mol. The summed E-state index contributed by atoms with van der Waals surface area (Å²) in [7, 11) is -3.75. The van der Waals surface area contributed by atoms with Crippen molar-refractivity contribution in [1.82, 2.24) is 9.29 Å². The first-order chi connectivity index (χ1) is 14.6. The third-order valence-electron chi connectivity index (χ3n) is 4.77. The summed E-state index contributed by atoms with van der Waals surface area (Å²) in [6.07, 6.45) is -1.28. The van der Waals surface area contributed by atoms with E-state index in [0.717, 1.165) is 31.5 Å². The van der Waals surface area contributed by atoms with Crippen LogP contribution in [0, 0.1) is 0 Å². The van der Waals surface area contributed by atoms with E-state index in [0.29, 0.717) is 19.2 Å². The summed E-state index contributed by atoms with van der Waals surface area (Å²) in [4.78, 5) is 15.8. The molecule has 11 heteroatoms. The van der Waals surface area contributed by atoms with E-state index in [1.54, 1.807) is 6.92 Å². The zero-order chi connectivity index (χ0) is 22.6. The van der Waals surface area contributed by atoms with Crippen LogP contribution >= 0.6 is 0 Å². The number of amides is 1. The molecule has 0 saturated carbocycles. The first-order valence-corrected chi connectivity index (χ1v) is 11.2. The van der Waals surface area contributed by atoms with Gasteiger partial charge in [0, 0.05) is 19.3 Å². The van der Waals surface area contributed by atoms with Gasteiger partial charge >= 0.3 is 6.18 Å². The molecule has 31 heavy (non-hydrogen) atoms. The minimum Gasteiger partial charge on any atom is -0.492 e. The van der Waals surface area contributed by atoms with Crippen LogP contribution in [0.5, 0.6) is 5.75 Å². The van der Waals surface area contributed by atoms with Crippen LogP contribution < -0.4 is 10.1 Å². The number of hydrogen-bond donors (Lipinski definition) is 1. The maximum absolute atomic E-state index is 13.0. The van der Waals surface area contributed by atoms with Gasteiger partial charge in [-0.1, -0.05) is 6.42 Å². The Bertz CT molecular complexity index is 1030. The Morgan fingerprint density at radius 2 is 1.87 bits per heavy atom. The second kappa shape index (κ2) is 9.23. The molecule has 1 amide bonds. The highest BCUT2D eigenvalue weighted by atomic mass is 32.2. The molecule has 1 saturated heterocycles. The Kier molecular flexibility index (Phi) is 6.85. The number of halogens is 3. The number of rotatable bonds is 6. The Morgan fingerprint density at radius 3 is 2.45 bits per heavy atom. The lowest BCUT2D eigenvalue weighted by atomic mass is 10.2. The molecule has 1 fully saturated rings. The summed E-state index contributed by atoms with van der Waals surface area (Å²) in [5.74, 6) is -0.497. The summed E-state index contributed by atoms with van der Waals surface area (Å²) in [6, 6.07) is 5.85. The lowest BCUT2D eigenvalue weighted by Crippen LogP contribution is -2.35. The highest BCUT2D eigenvalue weighted by Crippen LogP contribution is 2.31. The summed E-state index contributed by atoms with van der Waals surface area (Å²) < 4.78 is 70.8. The minimum absolute atomic E-state index is 0.00121. The predicted octanol–water partition coefficient (Wildman–Crippen LogP) is 3.93. The maximum atomic E-state index is 13.0. The number of alkyl halides is 3. The van der Waals surface area contributed by atoms with Crippen LogP contribution in [-0.4, -0.2) is 43.3 Å². The normalized spacial score (nSPS) is 15.5. The molecule has 0 atom stereocenters. The van der Waals surface area contributed by atoms with E-state index in [9.17, 15) is 26.4 Å². The van der Waals surface area contributed by atoms with E-state index in [1.807, 2.05) is 0 Å². The fourth-order valence-electron chi connectivity index (χ4n) is 3.19. The van der Waals surface area contributed by atoms with Crippen LogP contribution in [0.4, 0.5) is 18.9 Å². The summed E-state index contributed by atoms with van der Waals surface area (Å²) in [5, 5.41) is 2.52. The highest BCUT2D eigenvalue weighted by molar-refractivity contribution is 7.89. The fraction of sp³-hybridized carbons (Fsp3) is 0.400. The summed E-state index contributed by atoms with van der Waals surface area (Å²) in [5.41, 5.74) is -1.13. The zero-order valence-corrected chi connectivity index (χ0v) is 17.6. The molecule has 1 N–H and O–H groups in total. The number of pyridine rings is 1. The van der Waals surface area contributed by atoms with Gasteiger partial charge in [0.05, 0.1) is 22.8 Å². The highest BCUT2D eigenvalue weighted by Gasteiger charge is 2.32. The lowest BCUT2D eigenvalue weighted by molar-refractivity contribution is -0.141. The van der Waals surface area contributed by atoms with Gasteiger partial charge in [-0.15, -0.1) is 0 Å². The molecule has 3 rings (SSSR count). The van der Waals surface area contributed by atoms with Crippen molar-refractivity contribution in [3.63, 3.8) is 0 Å². The Morgan fingerprint density at radius 1 is 1.16 bits per heavy atom. The first kappa shape index (κ1) is 23.0. The topological polar surface area (TPSA) is 88.6 Å². The van der Waals surface area contributed by atoms with Gasteiger partial charge in [0.15, 0.2) is 0 Å². The van der Waals surface area contributed by atoms with Gasteiger partial charge in [-0.3, -0.25) is 9.78 Å². The van der Waals surface area contributed by atoms with Crippen LogP contribution in [0.3, 0.4) is 0 Å². The van der Waals surface area contributed by atoms with Gasteiger partial charge < -0.3 is 10.1 Å². The number of nitrogens with one attached hydrogen (secondary N) is 1. The van der Waals surface area contributed by atoms with Crippen molar-refractivity contribution in [2.75, 3.05) is 25.0 Å². The van der Waals surface area contributed by atoms with Crippen LogP contribution in [0.15, 0.2) is 41.4 Å². The monoisotopic (exact) mass is 457 g/mol. The number of benzene rings is 1. The van der Waals surface area contributed by atoms with Gasteiger partial charge in [-0.2, -0.15) is 17.5 Å². The molecule has 7 nitrogen and oxygen atoms in total. The lowest BCUT2D eigenvalue weighted by Gasteiger charge is -2.26. The largest absolute Gasteiger partial charge is 0.492 e. The number of sulfonamides is 1. The van der Waals surface area contributed by atoms with Crippen LogP contribution in [0.2, 0.25) is 0 Å². The second-order valence-electron chi connectivity index (χ2n) is 6.94. The third-order valence-corrected chi connectivity index (χ3v) is 6.66. The standard InChI is InChI=1S/C20H22F3N3O4S/c1-2-30-17-8-7-15(31(28,29)26-10-4-3-5-11-26)12-16(17)25-19(27)14-6-9-18(24-13-14)20(21,22)23/h6-9,12-13H,2-5,10-11H2,1H3,(H,25,27). The van der Waals surface area contributed by atoms with Crippen molar-refractivity contribution in [2.24, 2.45) is 0 Å². The summed E-state index contributed by atoms with van der Waals surface area (Å²) in [6.45, 7) is 2.84. The Balaban J connectivity index is 1.88. The molecule has 1 aromatic heterocycles. The van der Waals surface area contributed by atoms with Crippen molar-refractivity contribution in [2.45, 2.75) is 37.3 Å². The number of ether oxygens (including phenoxy) is 1. The van der Waals surface area contributed by atoms with Crippen LogP contribution in [0.1, 0.15) is 42.2 Å². The number of carbonyl (C=O) groups excluding carboxylic acids is 1. The molecule has 1 aliphatic rings. The van der Waals surface area contributed by atoms with Crippen molar-refractivity contribution >= 4 is 21.6 Å². The van der Waals surface area contributed by atoms with Gasteiger partial charge in [0.25, 0.3) is 5.91 Å². The SMILES string of the molecule is CCOc1ccc(S(=O)(=O)N2CCCCC2)cc1NC(=O)c1ccc(C(F)(F)F)nc1. The van der Waals surface area contributed by atoms with Gasteiger partial charge in [-0.05, 0) is 50.1 Å². The Hall–Kier alpha value is -2.66. The molecule has 0 bridgehead atoms. The number of nitrogens with zero attached hydrogens (tertiary/aromatic N) is 2. The number of aromatic nitrogens is 1. The number of carbonyl (C=O) groups is 1. The van der Waals surface area contributed by atoms with E-state index in [-0.39, 0.29) is 28.5 Å². The summed E-state index contributed by atoms with van der Waals surface area (Å²) >= 11 is 0. The quantitative estimate of drug-likeness (QED) is 0.710. The number of piperidine rings is 1. The van der Waals surface area contributed by atoms with E-state index in [4.69, 9.17) is 4.74 Å². The maximum Gasteiger partial charge on any atom is 0.433 e. The molecule has 0 radical (unpaired) electrons. The van der Waals surface area contributed by atoms with Gasteiger partial charge in [0.1, 0.15) is 11.4 Å². The second-order valence-corrected chi connectivity index (χ2v) is 8.88. The molecule has 0 unspecified atom stereocenters. The first-order valence-electron chi connectivity index (χ1n) is 9.74. The van der Waals surface area contributed by atoms with Crippen molar-refractivity contribution < 1.29 is 31.1 Å². The molecular formula is C20H22F3N3O4S. The third kappa shape index (κ3) is 5.34. The minimum atomic E-state index is -4.62. The molecule has 0 spiro atoms. The Labute approximate surface area is 178 Å². The van der Waals surface area contributed by atoms with Crippen LogP contribution in [0.25, 0.3) is 0 Å². The smallest absolute Gasteiger partial charge is 0.433 e. The molecule has 2 heterocycles. The molecule has 1 aliphatic heterocycles. The van der Waals surface area contributed by atoms with E-state index < -0.39 is 27.8 Å². The predicted molar refractivity (Wildman–Crippen MR) is 107 cm³/mol. The van der Waals surface area contributed by atoms with Gasteiger partial charge in [0.2, 0.25) is 10.0 Å². The molecular weight excluding hydrogens is 435 g/mol.